The summed E-state index contributed by atoms with van der Waals surface area (Å²) in [6.45, 7) is 7.34. The molecule has 2 unspecified atom stereocenters. The minimum atomic E-state index is -0.0413. The number of aryl methyl sites for hydroxylation is 1. The smallest absolute Gasteiger partial charge is 0.260 e. The molecular formula is C29H36N2O4. The van der Waals surface area contributed by atoms with Crippen molar-refractivity contribution in [3.8, 4) is 5.75 Å². The normalized spacial score (nSPS) is 21.0. The molecule has 4 rings (SSSR count). The maximum Gasteiger partial charge on any atom is 0.260 e. The fraction of sp³-hybridized carbons (Fsp3) is 0.483. The van der Waals surface area contributed by atoms with Crippen molar-refractivity contribution in [3.05, 3.63) is 65.2 Å². The van der Waals surface area contributed by atoms with Crippen LogP contribution in [-0.2, 0) is 4.79 Å². The number of hydrogen-bond donors (Lipinski definition) is 0. The van der Waals surface area contributed by atoms with Crippen LogP contribution in [0.2, 0.25) is 0 Å². The second-order valence-corrected chi connectivity index (χ2v) is 10.0. The fourth-order valence-electron chi connectivity index (χ4n) is 5.31. The number of likely N-dealkylation sites (tertiary alicyclic amines) is 2. The molecule has 0 N–H and O–H groups in total. The van der Waals surface area contributed by atoms with Crippen molar-refractivity contribution < 1.29 is 19.1 Å². The highest BCUT2D eigenvalue weighted by Crippen LogP contribution is 2.25. The van der Waals surface area contributed by atoms with Crippen molar-refractivity contribution in [2.75, 3.05) is 19.7 Å². The number of rotatable bonds is 6. The zero-order valence-corrected chi connectivity index (χ0v) is 21.0. The number of ether oxygens (including phenoxy) is 1. The average molecular weight is 477 g/mol. The molecule has 35 heavy (non-hydrogen) atoms. The third kappa shape index (κ3) is 5.92. The molecule has 6 heteroatoms. The van der Waals surface area contributed by atoms with Crippen LogP contribution < -0.4 is 4.74 Å². The van der Waals surface area contributed by atoms with Gasteiger partial charge in [0.05, 0.1) is 0 Å². The minimum absolute atomic E-state index is 0.00446. The maximum absolute atomic E-state index is 13.0. The number of benzene rings is 2. The van der Waals surface area contributed by atoms with Crippen LogP contribution >= 0.6 is 0 Å². The Morgan fingerprint density at radius 1 is 0.829 bits per heavy atom. The van der Waals surface area contributed by atoms with Crippen LogP contribution in [0, 0.1) is 12.8 Å². The number of hydrogen-bond acceptors (Lipinski definition) is 4. The lowest BCUT2D eigenvalue weighted by molar-refractivity contribution is -0.139. The van der Waals surface area contributed by atoms with E-state index in [1.54, 1.807) is 24.3 Å². The zero-order valence-electron chi connectivity index (χ0n) is 21.0. The summed E-state index contributed by atoms with van der Waals surface area (Å²) < 4.78 is 5.73. The standard InChI is InChI=1S/C29H36N2O4/c1-20-7-9-23(10-8-20)28(33)24-15-17-30(18-16-24)29(34)25-11-13-26(14-12-25)35-19-27(32)31-21(2)5-4-6-22(31)3/h7-14,21-22,24H,4-6,15-19H2,1-3H3. The van der Waals surface area contributed by atoms with Gasteiger partial charge in [-0.3, -0.25) is 14.4 Å². The van der Waals surface area contributed by atoms with E-state index in [9.17, 15) is 14.4 Å². The largest absolute Gasteiger partial charge is 0.484 e. The zero-order chi connectivity index (χ0) is 24.9. The molecule has 186 valence electrons. The van der Waals surface area contributed by atoms with E-state index in [1.165, 1.54) is 0 Å². The molecule has 2 amide bonds. The fourth-order valence-corrected chi connectivity index (χ4v) is 5.31. The molecule has 2 fully saturated rings. The van der Waals surface area contributed by atoms with Crippen LogP contribution in [-0.4, -0.2) is 59.2 Å². The molecule has 2 aromatic rings. The highest BCUT2D eigenvalue weighted by Gasteiger charge is 2.30. The molecule has 2 aliphatic rings. The molecule has 2 aromatic carbocycles. The van der Waals surface area contributed by atoms with Gasteiger partial charge in [0, 0.05) is 42.2 Å². The summed E-state index contributed by atoms with van der Waals surface area (Å²) in [5.41, 5.74) is 2.47. The molecule has 2 aliphatic heterocycles. The summed E-state index contributed by atoms with van der Waals surface area (Å²) in [4.78, 5) is 42.2. The number of carbonyl (C=O) groups is 3. The van der Waals surface area contributed by atoms with Gasteiger partial charge in [0.15, 0.2) is 12.4 Å². The monoisotopic (exact) mass is 476 g/mol. The molecule has 0 bridgehead atoms. The lowest BCUT2D eigenvalue weighted by atomic mass is 9.88. The number of carbonyl (C=O) groups excluding carboxylic acids is 3. The number of piperidine rings is 2. The topological polar surface area (TPSA) is 66.9 Å². The van der Waals surface area contributed by atoms with E-state index in [-0.39, 0.29) is 42.2 Å². The molecule has 6 nitrogen and oxygen atoms in total. The predicted molar refractivity (Wildman–Crippen MR) is 136 cm³/mol. The van der Waals surface area contributed by atoms with Gasteiger partial charge >= 0.3 is 0 Å². The van der Waals surface area contributed by atoms with Crippen LogP contribution in [0.25, 0.3) is 0 Å². The van der Waals surface area contributed by atoms with Crippen molar-refractivity contribution in [1.29, 1.82) is 0 Å². The van der Waals surface area contributed by atoms with Crippen LogP contribution in [0.5, 0.6) is 5.75 Å². The van der Waals surface area contributed by atoms with E-state index in [0.717, 1.165) is 30.4 Å². The quantitative estimate of drug-likeness (QED) is 0.557. The molecule has 0 saturated carbocycles. The van der Waals surface area contributed by atoms with Crippen molar-refractivity contribution in [3.63, 3.8) is 0 Å². The lowest BCUT2D eigenvalue weighted by Gasteiger charge is -2.38. The van der Waals surface area contributed by atoms with Gasteiger partial charge in [0.1, 0.15) is 5.75 Å². The Hall–Kier alpha value is -3.15. The molecule has 0 aromatic heterocycles. The molecular weight excluding hydrogens is 440 g/mol. The Kier molecular flexibility index (Phi) is 7.89. The molecule has 0 radical (unpaired) electrons. The second-order valence-electron chi connectivity index (χ2n) is 10.0. The summed E-state index contributed by atoms with van der Waals surface area (Å²) in [6, 6.07) is 15.2. The number of ketones is 1. The van der Waals surface area contributed by atoms with E-state index in [4.69, 9.17) is 4.74 Å². The first-order chi connectivity index (χ1) is 16.8. The van der Waals surface area contributed by atoms with Gasteiger partial charge in [-0.2, -0.15) is 0 Å². The summed E-state index contributed by atoms with van der Waals surface area (Å²) in [5, 5.41) is 0. The third-order valence-electron chi connectivity index (χ3n) is 7.43. The number of nitrogens with zero attached hydrogens (tertiary/aromatic N) is 2. The van der Waals surface area contributed by atoms with E-state index in [0.29, 0.717) is 37.2 Å². The molecule has 2 atom stereocenters. The van der Waals surface area contributed by atoms with Gasteiger partial charge in [-0.25, -0.2) is 0 Å². The molecule has 2 saturated heterocycles. The van der Waals surface area contributed by atoms with E-state index in [2.05, 4.69) is 13.8 Å². The summed E-state index contributed by atoms with van der Waals surface area (Å²) in [5.74, 6) is 0.675. The summed E-state index contributed by atoms with van der Waals surface area (Å²) in [7, 11) is 0. The van der Waals surface area contributed by atoms with Gasteiger partial charge in [-0.05, 0) is 77.1 Å². The Balaban J connectivity index is 1.27. The Bertz CT molecular complexity index is 1030. The molecule has 2 heterocycles. The highest BCUT2D eigenvalue weighted by molar-refractivity contribution is 5.98. The molecule has 0 aliphatic carbocycles. The van der Waals surface area contributed by atoms with E-state index in [1.807, 2.05) is 41.0 Å². The van der Waals surface area contributed by atoms with Gasteiger partial charge < -0.3 is 14.5 Å². The SMILES string of the molecule is Cc1ccc(C(=O)C2CCN(C(=O)c3ccc(OCC(=O)N4C(C)CCCC4C)cc3)CC2)cc1. The maximum atomic E-state index is 13.0. The number of Topliss-reactive ketones (excluding diaryl/α,β-unsaturated/α-hetero) is 1. The van der Waals surface area contributed by atoms with Gasteiger partial charge in [-0.1, -0.05) is 29.8 Å². The third-order valence-corrected chi connectivity index (χ3v) is 7.43. The van der Waals surface area contributed by atoms with Gasteiger partial charge in [0.25, 0.3) is 11.8 Å². The second kappa shape index (κ2) is 11.1. The van der Waals surface area contributed by atoms with E-state index >= 15 is 0 Å². The first-order valence-corrected chi connectivity index (χ1v) is 12.8. The van der Waals surface area contributed by atoms with Gasteiger partial charge in [-0.15, -0.1) is 0 Å². The average Bonchev–Trinajstić information content (AvgIpc) is 2.87. The van der Waals surface area contributed by atoms with Crippen LogP contribution in [0.4, 0.5) is 0 Å². The Morgan fingerprint density at radius 2 is 1.40 bits per heavy atom. The van der Waals surface area contributed by atoms with Crippen molar-refractivity contribution in [2.24, 2.45) is 5.92 Å². The van der Waals surface area contributed by atoms with Crippen LogP contribution in [0.15, 0.2) is 48.5 Å². The predicted octanol–water partition coefficient (Wildman–Crippen LogP) is 4.90. The van der Waals surface area contributed by atoms with Crippen LogP contribution in [0.3, 0.4) is 0 Å². The summed E-state index contributed by atoms with van der Waals surface area (Å²) in [6.07, 6.45) is 4.57. The van der Waals surface area contributed by atoms with Crippen molar-refractivity contribution in [2.45, 2.75) is 65.0 Å². The number of amides is 2. The molecule has 0 spiro atoms. The highest BCUT2D eigenvalue weighted by atomic mass is 16.5. The van der Waals surface area contributed by atoms with Gasteiger partial charge in [0.2, 0.25) is 0 Å². The van der Waals surface area contributed by atoms with E-state index < -0.39 is 0 Å². The Labute approximate surface area is 208 Å². The minimum Gasteiger partial charge on any atom is -0.484 e. The first kappa shape index (κ1) is 25.0. The first-order valence-electron chi connectivity index (χ1n) is 12.8. The summed E-state index contributed by atoms with van der Waals surface area (Å²) >= 11 is 0. The van der Waals surface area contributed by atoms with Crippen molar-refractivity contribution >= 4 is 17.6 Å². The Morgan fingerprint density at radius 3 is 2.00 bits per heavy atom. The van der Waals surface area contributed by atoms with Crippen LogP contribution in [0.1, 0.15) is 72.2 Å². The lowest BCUT2D eigenvalue weighted by Crippen LogP contribution is -2.49. The van der Waals surface area contributed by atoms with Crippen molar-refractivity contribution in [1.82, 2.24) is 9.80 Å².